The molecule has 2 unspecified atom stereocenters. The van der Waals surface area contributed by atoms with Gasteiger partial charge in [0.05, 0.1) is 26.4 Å². The van der Waals surface area contributed by atoms with Gasteiger partial charge in [-0.15, -0.1) is 0 Å². The van der Waals surface area contributed by atoms with Crippen LogP contribution in [0.25, 0.3) is 22.3 Å². The van der Waals surface area contributed by atoms with Crippen LogP contribution in [0.3, 0.4) is 0 Å². The summed E-state index contributed by atoms with van der Waals surface area (Å²) in [5.41, 5.74) is 8.56. The third-order valence-corrected chi connectivity index (χ3v) is 10.2. The van der Waals surface area contributed by atoms with E-state index in [-0.39, 0.29) is 0 Å². The minimum absolute atomic E-state index is 0.291. The number of para-hydroxylation sites is 2. The third-order valence-electron chi connectivity index (χ3n) is 10.2. The van der Waals surface area contributed by atoms with E-state index in [4.69, 9.17) is 23.7 Å². The van der Waals surface area contributed by atoms with Crippen LogP contribution in [0, 0.1) is 0 Å². The molecular weight excluding hydrogens is 681 g/mol. The largest absolute Gasteiger partial charge is 0.494 e. The maximum atomic E-state index is 6.81. The van der Waals surface area contributed by atoms with Crippen LogP contribution in [-0.2, 0) is 18.0 Å². The van der Waals surface area contributed by atoms with Crippen LogP contribution in [0.5, 0.6) is 34.5 Å². The topological polar surface area (TPSA) is 46.2 Å². The van der Waals surface area contributed by atoms with Crippen LogP contribution in [0.2, 0.25) is 0 Å². The monoisotopic (exact) mass is 734 g/mol. The summed E-state index contributed by atoms with van der Waals surface area (Å²) in [6.07, 6.45) is 1.97. The lowest BCUT2D eigenvalue weighted by atomic mass is 9.89. The van der Waals surface area contributed by atoms with Crippen molar-refractivity contribution in [2.45, 2.75) is 79.4 Å². The van der Waals surface area contributed by atoms with E-state index < -0.39 is 0 Å². The maximum Gasteiger partial charge on any atom is 0.139 e. The fraction of sp³-hybridized carbons (Fsp3) is 0.280. The van der Waals surface area contributed by atoms with Crippen molar-refractivity contribution in [2.75, 3.05) is 13.2 Å². The van der Waals surface area contributed by atoms with Crippen LogP contribution < -0.4 is 18.9 Å². The summed E-state index contributed by atoms with van der Waals surface area (Å²) in [4.78, 5) is 0. The van der Waals surface area contributed by atoms with E-state index in [1.807, 2.05) is 98.8 Å². The van der Waals surface area contributed by atoms with Gasteiger partial charge in [-0.25, -0.2) is 0 Å². The second kappa shape index (κ2) is 19.2. The van der Waals surface area contributed by atoms with E-state index in [2.05, 4.69) is 76.2 Å². The zero-order chi connectivity index (χ0) is 38.6. The van der Waals surface area contributed by atoms with Crippen molar-refractivity contribution in [3.63, 3.8) is 0 Å². The molecule has 284 valence electrons. The molecule has 0 radical (unpaired) electrons. The Bertz CT molecular complexity index is 1940. The van der Waals surface area contributed by atoms with Crippen molar-refractivity contribution < 1.29 is 23.7 Å². The molecule has 2 atom stereocenters. The maximum absolute atomic E-state index is 6.81. The van der Waals surface area contributed by atoms with Crippen LogP contribution >= 0.6 is 0 Å². The lowest BCUT2D eigenvalue weighted by molar-refractivity contribution is 0.107. The highest BCUT2D eigenvalue weighted by molar-refractivity contribution is 5.78. The standard InChI is InChI=1S/C50H54O5/c1-7-35(5)45-31-25-39(47(37-21-27-41(28-22-37)52-9-3)49(45)54-43-17-13-11-14-18-43)33-51-34-40-26-32-46(36(6)8-2)50(55-44-19-15-12-16-20-44)48(40)38-23-29-42(30-24-38)53-10-4/h11-32,35-36H,7-10,33-34H2,1-6H3. The van der Waals surface area contributed by atoms with Crippen molar-refractivity contribution in [1.82, 2.24) is 0 Å². The van der Waals surface area contributed by atoms with Crippen molar-refractivity contribution >= 4 is 0 Å². The Morgan fingerprint density at radius 1 is 0.418 bits per heavy atom. The van der Waals surface area contributed by atoms with E-state index >= 15 is 0 Å². The van der Waals surface area contributed by atoms with E-state index in [0.29, 0.717) is 38.3 Å². The molecule has 0 aliphatic carbocycles. The lowest BCUT2D eigenvalue weighted by Gasteiger charge is -2.24. The highest BCUT2D eigenvalue weighted by Gasteiger charge is 2.23. The minimum atomic E-state index is 0.291. The van der Waals surface area contributed by atoms with Gasteiger partial charge in [-0.05, 0) is 120 Å². The molecule has 55 heavy (non-hydrogen) atoms. The molecule has 0 amide bonds. The second-order valence-electron chi connectivity index (χ2n) is 13.9. The van der Waals surface area contributed by atoms with Crippen molar-refractivity contribution in [2.24, 2.45) is 0 Å². The Labute approximate surface area is 327 Å². The molecule has 0 saturated carbocycles. The zero-order valence-corrected chi connectivity index (χ0v) is 33.1. The first-order chi connectivity index (χ1) is 26.9. The molecule has 0 spiro atoms. The van der Waals surface area contributed by atoms with Gasteiger partial charge in [0.2, 0.25) is 0 Å². The smallest absolute Gasteiger partial charge is 0.139 e. The van der Waals surface area contributed by atoms with Gasteiger partial charge in [-0.3, -0.25) is 0 Å². The highest BCUT2D eigenvalue weighted by atomic mass is 16.5. The van der Waals surface area contributed by atoms with Gasteiger partial charge >= 0.3 is 0 Å². The predicted octanol–water partition coefficient (Wildman–Crippen LogP) is 14.1. The first-order valence-corrected chi connectivity index (χ1v) is 19.7. The normalized spacial score (nSPS) is 12.2. The molecule has 0 aromatic heterocycles. The summed E-state index contributed by atoms with van der Waals surface area (Å²) >= 11 is 0. The molecular formula is C50H54O5. The molecule has 0 N–H and O–H groups in total. The Kier molecular flexibility index (Phi) is 13.7. The van der Waals surface area contributed by atoms with Crippen molar-refractivity contribution in [3.8, 4) is 56.8 Å². The van der Waals surface area contributed by atoms with Gasteiger partial charge in [0.1, 0.15) is 34.5 Å². The number of ether oxygens (including phenoxy) is 5. The van der Waals surface area contributed by atoms with Crippen molar-refractivity contribution in [3.05, 3.63) is 156 Å². The SMILES string of the molecule is CCOc1ccc(-c2c(COCc3ccc(C(C)CC)c(Oc4ccccc4)c3-c3ccc(OCC)cc3)ccc(C(C)CC)c2Oc2ccccc2)cc1. The number of rotatable bonds is 18. The summed E-state index contributed by atoms with van der Waals surface area (Å²) < 4.78 is 32.0. The van der Waals surface area contributed by atoms with Crippen LogP contribution in [0.4, 0.5) is 0 Å². The molecule has 5 heteroatoms. The third kappa shape index (κ3) is 9.59. The fourth-order valence-electron chi connectivity index (χ4n) is 6.84. The quantitative estimate of drug-likeness (QED) is 0.0880. The number of hydrogen-bond acceptors (Lipinski definition) is 5. The summed E-state index contributed by atoms with van der Waals surface area (Å²) in [7, 11) is 0. The van der Waals surface area contributed by atoms with E-state index in [1.165, 1.54) is 11.1 Å². The first kappa shape index (κ1) is 39.2. The Morgan fingerprint density at radius 3 is 1.15 bits per heavy atom. The van der Waals surface area contributed by atoms with E-state index in [1.54, 1.807) is 0 Å². The van der Waals surface area contributed by atoms with Crippen molar-refractivity contribution in [1.29, 1.82) is 0 Å². The van der Waals surface area contributed by atoms with Gasteiger partial charge in [-0.2, -0.15) is 0 Å². The minimum Gasteiger partial charge on any atom is -0.494 e. The molecule has 0 bridgehead atoms. The molecule has 0 saturated heterocycles. The molecule has 0 heterocycles. The Morgan fingerprint density at radius 2 is 0.800 bits per heavy atom. The molecule has 0 aliphatic rings. The van der Waals surface area contributed by atoms with Gasteiger partial charge in [0.15, 0.2) is 0 Å². The van der Waals surface area contributed by atoms with E-state index in [0.717, 1.165) is 80.7 Å². The molecule has 0 fully saturated rings. The molecule has 5 nitrogen and oxygen atoms in total. The average molecular weight is 735 g/mol. The zero-order valence-electron chi connectivity index (χ0n) is 33.1. The van der Waals surface area contributed by atoms with Gasteiger partial charge in [0.25, 0.3) is 0 Å². The van der Waals surface area contributed by atoms with Crippen LogP contribution in [-0.4, -0.2) is 13.2 Å². The summed E-state index contributed by atoms with van der Waals surface area (Å²) in [6, 6.07) is 45.5. The number of hydrogen-bond donors (Lipinski definition) is 0. The Balaban J connectivity index is 1.43. The first-order valence-electron chi connectivity index (χ1n) is 19.7. The van der Waals surface area contributed by atoms with Crippen LogP contribution in [0.1, 0.15) is 88.5 Å². The second-order valence-corrected chi connectivity index (χ2v) is 13.9. The Hall–Kier alpha value is -5.52. The molecule has 0 aliphatic heterocycles. The van der Waals surface area contributed by atoms with Gasteiger partial charge in [-0.1, -0.05) is 113 Å². The summed E-state index contributed by atoms with van der Waals surface area (Å²) in [5.74, 6) is 5.56. The predicted molar refractivity (Wildman–Crippen MR) is 225 cm³/mol. The van der Waals surface area contributed by atoms with Gasteiger partial charge < -0.3 is 23.7 Å². The molecule has 6 aromatic rings. The fourth-order valence-corrected chi connectivity index (χ4v) is 6.84. The molecule has 6 aromatic carbocycles. The number of benzene rings is 6. The van der Waals surface area contributed by atoms with Crippen LogP contribution in [0.15, 0.2) is 133 Å². The van der Waals surface area contributed by atoms with Gasteiger partial charge in [0, 0.05) is 11.1 Å². The summed E-state index contributed by atoms with van der Waals surface area (Å²) in [5, 5.41) is 0. The lowest BCUT2D eigenvalue weighted by Crippen LogP contribution is -2.05. The van der Waals surface area contributed by atoms with E-state index in [9.17, 15) is 0 Å². The highest BCUT2D eigenvalue weighted by Crippen LogP contribution is 2.45. The summed E-state index contributed by atoms with van der Waals surface area (Å²) in [6.45, 7) is 14.9. The molecule has 6 rings (SSSR count). The average Bonchev–Trinajstić information content (AvgIpc) is 3.22.